The molecule has 20 heavy (non-hydrogen) atoms. The number of para-hydroxylation sites is 2. The zero-order valence-electron chi connectivity index (χ0n) is 11.4. The standard InChI is InChI=1S/C14H14N2O4/c1-16-11-7-5-4-6-10(11)15-12(16)8-9(13(17)19-2)14(18)20-3/h4-8H,1-3H3. The molecule has 0 aliphatic carbocycles. The summed E-state index contributed by atoms with van der Waals surface area (Å²) in [6.07, 6.45) is 1.36. The molecule has 0 amide bonds. The molecule has 0 spiro atoms. The fourth-order valence-electron chi connectivity index (χ4n) is 1.84. The van der Waals surface area contributed by atoms with Crippen molar-refractivity contribution in [3.63, 3.8) is 0 Å². The predicted molar refractivity (Wildman–Crippen MR) is 72.7 cm³/mol. The van der Waals surface area contributed by atoms with Gasteiger partial charge in [-0.15, -0.1) is 0 Å². The molecule has 1 aromatic heterocycles. The Morgan fingerprint density at radius 3 is 2.30 bits per heavy atom. The van der Waals surface area contributed by atoms with Crippen molar-refractivity contribution in [3.8, 4) is 0 Å². The Morgan fingerprint density at radius 1 is 1.15 bits per heavy atom. The van der Waals surface area contributed by atoms with Gasteiger partial charge in [0.2, 0.25) is 0 Å². The van der Waals surface area contributed by atoms with Crippen LogP contribution in [0.15, 0.2) is 29.8 Å². The van der Waals surface area contributed by atoms with Crippen LogP contribution in [-0.4, -0.2) is 35.7 Å². The summed E-state index contributed by atoms with van der Waals surface area (Å²) in [5, 5.41) is 0. The third kappa shape index (κ3) is 2.40. The van der Waals surface area contributed by atoms with Crippen LogP contribution in [0.5, 0.6) is 0 Å². The summed E-state index contributed by atoms with van der Waals surface area (Å²) in [4.78, 5) is 27.6. The number of rotatable bonds is 3. The van der Waals surface area contributed by atoms with Gasteiger partial charge in [0, 0.05) is 13.1 Å². The number of esters is 2. The van der Waals surface area contributed by atoms with Crippen LogP contribution in [0.2, 0.25) is 0 Å². The van der Waals surface area contributed by atoms with E-state index in [-0.39, 0.29) is 5.57 Å². The van der Waals surface area contributed by atoms with E-state index in [9.17, 15) is 9.59 Å². The summed E-state index contributed by atoms with van der Waals surface area (Å²) >= 11 is 0. The van der Waals surface area contributed by atoms with Crippen molar-refractivity contribution < 1.29 is 19.1 Å². The molecule has 0 atom stereocenters. The first-order valence-corrected chi connectivity index (χ1v) is 5.88. The number of aryl methyl sites for hydroxylation is 1. The Labute approximate surface area is 115 Å². The Kier molecular flexibility index (Phi) is 3.84. The lowest BCUT2D eigenvalue weighted by atomic mass is 10.2. The van der Waals surface area contributed by atoms with E-state index in [1.54, 1.807) is 11.6 Å². The van der Waals surface area contributed by atoms with Crippen molar-refractivity contribution in [1.82, 2.24) is 9.55 Å². The Bertz CT molecular complexity index is 682. The Hall–Kier alpha value is -2.63. The molecule has 104 valence electrons. The lowest BCUT2D eigenvalue weighted by molar-refractivity contribution is -0.143. The van der Waals surface area contributed by atoms with Crippen LogP contribution in [0.3, 0.4) is 0 Å². The van der Waals surface area contributed by atoms with E-state index in [2.05, 4.69) is 14.5 Å². The summed E-state index contributed by atoms with van der Waals surface area (Å²) in [6, 6.07) is 7.50. The highest BCUT2D eigenvalue weighted by molar-refractivity contribution is 6.17. The van der Waals surface area contributed by atoms with E-state index >= 15 is 0 Å². The van der Waals surface area contributed by atoms with E-state index in [1.807, 2.05) is 24.3 Å². The second-order valence-corrected chi connectivity index (χ2v) is 4.06. The van der Waals surface area contributed by atoms with Crippen LogP contribution < -0.4 is 0 Å². The van der Waals surface area contributed by atoms with Gasteiger partial charge in [-0.3, -0.25) is 0 Å². The van der Waals surface area contributed by atoms with Gasteiger partial charge in [0.1, 0.15) is 11.4 Å². The highest BCUT2D eigenvalue weighted by Gasteiger charge is 2.21. The van der Waals surface area contributed by atoms with Crippen LogP contribution in [0.1, 0.15) is 5.82 Å². The van der Waals surface area contributed by atoms with Gasteiger partial charge in [0.05, 0.1) is 25.3 Å². The SMILES string of the molecule is COC(=O)C(=Cc1nc2ccccc2n1C)C(=O)OC. The number of methoxy groups -OCH3 is 2. The third-order valence-corrected chi connectivity index (χ3v) is 2.91. The molecule has 0 fully saturated rings. The van der Waals surface area contributed by atoms with Crippen molar-refractivity contribution >= 4 is 29.0 Å². The maximum absolute atomic E-state index is 11.6. The molecule has 0 N–H and O–H groups in total. The number of aromatic nitrogens is 2. The number of nitrogens with zero attached hydrogens (tertiary/aromatic N) is 2. The van der Waals surface area contributed by atoms with Crippen LogP contribution in [0.4, 0.5) is 0 Å². The van der Waals surface area contributed by atoms with Crippen molar-refractivity contribution in [1.29, 1.82) is 0 Å². The fraction of sp³-hybridized carbons (Fsp3) is 0.214. The maximum Gasteiger partial charge on any atom is 0.345 e. The molecule has 2 aromatic rings. The molecule has 0 aliphatic heterocycles. The minimum Gasteiger partial charge on any atom is -0.465 e. The molecule has 2 rings (SSSR count). The molecule has 6 nitrogen and oxygen atoms in total. The number of imidazole rings is 1. The summed E-state index contributed by atoms with van der Waals surface area (Å²) in [7, 11) is 4.20. The third-order valence-electron chi connectivity index (χ3n) is 2.91. The van der Waals surface area contributed by atoms with Crippen LogP contribution in [0, 0.1) is 0 Å². The quantitative estimate of drug-likeness (QED) is 0.365. The zero-order valence-corrected chi connectivity index (χ0v) is 11.4. The molecule has 0 aliphatic rings. The lowest BCUT2D eigenvalue weighted by Crippen LogP contribution is -2.16. The number of carbonyl (C=O) groups is 2. The number of hydrogen-bond donors (Lipinski definition) is 0. The molecule has 1 heterocycles. The summed E-state index contributed by atoms with van der Waals surface area (Å²) in [5.74, 6) is -1.05. The van der Waals surface area contributed by atoms with Gasteiger partial charge < -0.3 is 14.0 Å². The zero-order chi connectivity index (χ0) is 14.7. The van der Waals surface area contributed by atoms with Gasteiger partial charge in [-0.25, -0.2) is 14.6 Å². The van der Waals surface area contributed by atoms with Gasteiger partial charge in [0.15, 0.2) is 0 Å². The Morgan fingerprint density at radius 2 is 1.75 bits per heavy atom. The fourth-order valence-corrected chi connectivity index (χ4v) is 1.84. The second kappa shape index (κ2) is 5.56. The highest BCUT2D eigenvalue weighted by atomic mass is 16.5. The van der Waals surface area contributed by atoms with Gasteiger partial charge in [-0.2, -0.15) is 0 Å². The molecule has 0 radical (unpaired) electrons. The number of fused-ring (bicyclic) bond motifs is 1. The molecule has 0 unspecified atom stereocenters. The Balaban J connectivity index is 2.56. The van der Waals surface area contributed by atoms with Gasteiger partial charge in [-0.05, 0) is 12.1 Å². The molecule has 0 saturated carbocycles. The normalized spacial score (nSPS) is 10.2. The molecule has 6 heteroatoms. The molecule has 0 saturated heterocycles. The number of ether oxygens (including phenoxy) is 2. The minimum absolute atomic E-state index is 0.201. The van der Waals surface area contributed by atoms with Crippen molar-refractivity contribution in [2.45, 2.75) is 0 Å². The van der Waals surface area contributed by atoms with Crippen molar-refractivity contribution in [3.05, 3.63) is 35.7 Å². The second-order valence-electron chi connectivity index (χ2n) is 4.06. The molecule has 0 bridgehead atoms. The first-order chi connectivity index (χ1) is 9.58. The minimum atomic E-state index is -0.760. The van der Waals surface area contributed by atoms with E-state index in [0.717, 1.165) is 11.0 Å². The highest BCUT2D eigenvalue weighted by Crippen LogP contribution is 2.17. The van der Waals surface area contributed by atoms with E-state index < -0.39 is 11.9 Å². The average Bonchev–Trinajstić information content (AvgIpc) is 2.80. The van der Waals surface area contributed by atoms with E-state index in [1.165, 1.54) is 20.3 Å². The van der Waals surface area contributed by atoms with Crippen LogP contribution >= 0.6 is 0 Å². The molecule has 1 aromatic carbocycles. The van der Waals surface area contributed by atoms with E-state index in [0.29, 0.717) is 5.82 Å². The van der Waals surface area contributed by atoms with Crippen LogP contribution in [-0.2, 0) is 26.1 Å². The monoisotopic (exact) mass is 274 g/mol. The topological polar surface area (TPSA) is 70.4 Å². The molecular formula is C14H14N2O4. The number of benzene rings is 1. The lowest BCUT2D eigenvalue weighted by Gasteiger charge is -2.03. The van der Waals surface area contributed by atoms with E-state index in [4.69, 9.17) is 0 Å². The van der Waals surface area contributed by atoms with Gasteiger partial charge in [0.25, 0.3) is 0 Å². The van der Waals surface area contributed by atoms with Crippen molar-refractivity contribution in [2.75, 3.05) is 14.2 Å². The number of hydrogen-bond acceptors (Lipinski definition) is 5. The smallest absolute Gasteiger partial charge is 0.345 e. The molecular weight excluding hydrogens is 260 g/mol. The largest absolute Gasteiger partial charge is 0.465 e. The number of carbonyl (C=O) groups excluding carboxylic acids is 2. The van der Waals surface area contributed by atoms with Gasteiger partial charge in [-0.1, -0.05) is 12.1 Å². The maximum atomic E-state index is 11.6. The summed E-state index contributed by atoms with van der Waals surface area (Å²) in [6.45, 7) is 0. The summed E-state index contributed by atoms with van der Waals surface area (Å²) < 4.78 is 10.9. The van der Waals surface area contributed by atoms with Gasteiger partial charge >= 0.3 is 11.9 Å². The first kappa shape index (κ1) is 13.8. The van der Waals surface area contributed by atoms with Crippen molar-refractivity contribution in [2.24, 2.45) is 7.05 Å². The first-order valence-electron chi connectivity index (χ1n) is 5.88. The summed E-state index contributed by atoms with van der Waals surface area (Å²) in [5.41, 5.74) is 1.47. The predicted octanol–water partition coefficient (Wildman–Crippen LogP) is 1.30. The van der Waals surface area contributed by atoms with Crippen LogP contribution in [0.25, 0.3) is 17.1 Å². The average molecular weight is 274 g/mol.